The smallest absolute Gasteiger partial charge is 0.263 e. The molecule has 29 heavy (non-hydrogen) atoms. The van der Waals surface area contributed by atoms with Gasteiger partial charge in [0.2, 0.25) is 10.0 Å². The summed E-state index contributed by atoms with van der Waals surface area (Å²) < 4.78 is 45.6. The van der Waals surface area contributed by atoms with Gasteiger partial charge in [-0.25, -0.2) is 12.8 Å². The standard InChI is InChI=1S/C19H23FN2O5S2/c1-13(12-27-16-4-2-14(20)3-5-16)21-19(24)18-17(8-11-28-18)29(25,26)22-9-6-15(23)7-10-22/h2-5,8,11,13,15,23H,6-7,9-10,12H2,1H3,(H,21,24). The Morgan fingerprint density at radius 1 is 1.31 bits per heavy atom. The molecular weight excluding hydrogens is 419 g/mol. The van der Waals surface area contributed by atoms with Crippen molar-refractivity contribution in [3.05, 3.63) is 46.4 Å². The van der Waals surface area contributed by atoms with Gasteiger partial charge in [-0.05, 0) is 55.5 Å². The minimum Gasteiger partial charge on any atom is -0.491 e. The van der Waals surface area contributed by atoms with Crippen LogP contribution in [0.25, 0.3) is 0 Å². The van der Waals surface area contributed by atoms with Crippen LogP contribution in [0.4, 0.5) is 4.39 Å². The molecule has 3 rings (SSSR count). The zero-order chi connectivity index (χ0) is 21.0. The van der Waals surface area contributed by atoms with Gasteiger partial charge in [0.05, 0.1) is 12.1 Å². The highest BCUT2D eigenvalue weighted by Crippen LogP contribution is 2.27. The molecule has 1 saturated heterocycles. The average Bonchev–Trinajstić information content (AvgIpc) is 3.19. The highest BCUT2D eigenvalue weighted by atomic mass is 32.2. The number of nitrogens with zero attached hydrogens (tertiary/aromatic N) is 1. The fourth-order valence-electron chi connectivity index (χ4n) is 2.97. The first-order valence-corrected chi connectivity index (χ1v) is 11.5. The summed E-state index contributed by atoms with van der Waals surface area (Å²) in [6, 6.07) is 6.57. The monoisotopic (exact) mass is 442 g/mol. The predicted octanol–water partition coefficient (Wildman–Crippen LogP) is 2.23. The van der Waals surface area contributed by atoms with E-state index in [0.717, 1.165) is 11.3 Å². The van der Waals surface area contributed by atoms with Crippen molar-refractivity contribution >= 4 is 27.3 Å². The molecule has 1 aliphatic heterocycles. The molecule has 0 aliphatic carbocycles. The Balaban J connectivity index is 1.63. The van der Waals surface area contributed by atoms with E-state index in [4.69, 9.17) is 4.74 Å². The van der Waals surface area contributed by atoms with Crippen molar-refractivity contribution < 1.29 is 27.4 Å². The van der Waals surface area contributed by atoms with Crippen molar-refractivity contribution in [2.75, 3.05) is 19.7 Å². The third-order valence-electron chi connectivity index (χ3n) is 4.57. The molecular formula is C19H23FN2O5S2. The second-order valence-electron chi connectivity index (χ2n) is 6.89. The lowest BCUT2D eigenvalue weighted by Crippen LogP contribution is -2.41. The number of aliphatic hydroxyl groups excluding tert-OH is 1. The lowest BCUT2D eigenvalue weighted by Gasteiger charge is -2.28. The highest BCUT2D eigenvalue weighted by molar-refractivity contribution is 7.89. The molecule has 0 spiro atoms. The van der Waals surface area contributed by atoms with E-state index in [1.807, 2.05) is 0 Å². The van der Waals surface area contributed by atoms with Gasteiger partial charge in [-0.2, -0.15) is 4.31 Å². The van der Waals surface area contributed by atoms with Gasteiger partial charge in [-0.1, -0.05) is 0 Å². The topological polar surface area (TPSA) is 95.9 Å². The van der Waals surface area contributed by atoms with E-state index in [0.29, 0.717) is 18.6 Å². The average molecular weight is 443 g/mol. The van der Waals surface area contributed by atoms with Crippen LogP contribution in [-0.2, 0) is 10.0 Å². The van der Waals surface area contributed by atoms with Crippen LogP contribution in [-0.4, -0.2) is 55.6 Å². The van der Waals surface area contributed by atoms with Crippen molar-refractivity contribution in [1.82, 2.24) is 9.62 Å². The van der Waals surface area contributed by atoms with Crippen LogP contribution in [0.5, 0.6) is 5.75 Å². The van der Waals surface area contributed by atoms with Crippen LogP contribution in [0.3, 0.4) is 0 Å². The first-order valence-electron chi connectivity index (χ1n) is 9.22. The van der Waals surface area contributed by atoms with Gasteiger partial charge < -0.3 is 15.2 Å². The number of hydrogen-bond acceptors (Lipinski definition) is 6. The largest absolute Gasteiger partial charge is 0.491 e. The molecule has 2 aromatic rings. The normalized spacial score (nSPS) is 17.1. The molecule has 7 nitrogen and oxygen atoms in total. The Morgan fingerprint density at radius 3 is 2.62 bits per heavy atom. The number of aliphatic hydroxyl groups is 1. The number of rotatable bonds is 7. The Kier molecular flexibility index (Phi) is 6.89. The van der Waals surface area contributed by atoms with E-state index >= 15 is 0 Å². The number of halogens is 1. The van der Waals surface area contributed by atoms with E-state index in [9.17, 15) is 22.7 Å². The Morgan fingerprint density at radius 2 is 1.97 bits per heavy atom. The van der Waals surface area contributed by atoms with Gasteiger partial charge in [0, 0.05) is 13.1 Å². The molecule has 1 amide bonds. The first kappa shape index (κ1) is 21.7. The Labute approximate surface area is 173 Å². The van der Waals surface area contributed by atoms with Gasteiger partial charge >= 0.3 is 0 Å². The molecule has 0 saturated carbocycles. The van der Waals surface area contributed by atoms with Crippen LogP contribution >= 0.6 is 11.3 Å². The fourth-order valence-corrected chi connectivity index (χ4v) is 5.74. The molecule has 1 aromatic carbocycles. The molecule has 0 radical (unpaired) electrons. The SMILES string of the molecule is CC(COc1ccc(F)cc1)NC(=O)c1sccc1S(=O)(=O)N1CCC(O)CC1. The number of benzene rings is 1. The number of thiophene rings is 1. The van der Waals surface area contributed by atoms with Crippen molar-refractivity contribution in [3.63, 3.8) is 0 Å². The number of sulfonamides is 1. The quantitative estimate of drug-likeness (QED) is 0.686. The number of ether oxygens (including phenoxy) is 1. The summed E-state index contributed by atoms with van der Waals surface area (Å²) in [4.78, 5) is 12.7. The lowest BCUT2D eigenvalue weighted by molar-refractivity contribution is 0.0926. The van der Waals surface area contributed by atoms with Crippen molar-refractivity contribution in [2.45, 2.75) is 36.8 Å². The Bertz CT molecular complexity index is 938. The minimum absolute atomic E-state index is 0.0250. The molecule has 0 bridgehead atoms. The van der Waals surface area contributed by atoms with Crippen LogP contribution in [0, 0.1) is 5.82 Å². The zero-order valence-corrected chi connectivity index (χ0v) is 17.5. The summed E-state index contributed by atoms with van der Waals surface area (Å²) in [6.07, 6.45) is 0.263. The third kappa shape index (κ3) is 5.33. The molecule has 2 N–H and O–H groups in total. The molecule has 158 valence electrons. The highest BCUT2D eigenvalue weighted by Gasteiger charge is 2.32. The zero-order valence-electron chi connectivity index (χ0n) is 15.9. The van der Waals surface area contributed by atoms with Gasteiger partial charge in [-0.3, -0.25) is 4.79 Å². The van der Waals surface area contributed by atoms with Crippen LogP contribution in [0.1, 0.15) is 29.4 Å². The van der Waals surface area contributed by atoms with E-state index in [1.54, 1.807) is 12.3 Å². The van der Waals surface area contributed by atoms with E-state index < -0.39 is 28.1 Å². The summed E-state index contributed by atoms with van der Waals surface area (Å²) in [5.74, 6) is -0.390. The van der Waals surface area contributed by atoms with Gasteiger partial charge in [0.15, 0.2) is 0 Å². The van der Waals surface area contributed by atoms with Crippen molar-refractivity contribution in [2.24, 2.45) is 0 Å². The summed E-state index contributed by atoms with van der Waals surface area (Å²) in [5, 5.41) is 13.9. The van der Waals surface area contributed by atoms with Crippen LogP contribution in [0.15, 0.2) is 40.6 Å². The molecule has 2 heterocycles. The third-order valence-corrected chi connectivity index (χ3v) is 7.55. The molecule has 1 atom stereocenters. The predicted molar refractivity (Wildman–Crippen MR) is 107 cm³/mol. The van der Waals surface area contributed by atoms with Gasteiger partial charge in [-0.15, -0.1) is 11.3 Å². The number of amides is 1. The van der Waals surface area contributed by atoms with Crippen LogP contribution in [0.2, 0.25) is 0 Å². The summed E-state index contributed by atoms with van der Waals surface area (Å²) >= 11 is 1.06. The molecule has 1 aliphatic rings. The molecule has 10 heteroatoms. The van der Waals surface area contributed by atoms with Crippen molar-refractivity contribution in [3.8, 4) is 5.75 Å². The summed E-state index contributed by atoms with van der Waals surface area (Å²) in [7, 11) is -3.81. The molecule has 1 fully saturated rings. The van der Waals surface area contributed by atoms with E-state index in [-0.39, 0.29) is 35.3 Å². The number of hydrogen-bond donors (Lipinski definition) is 2. The lowest BCUT2D eigenvalue weighted by atomic mass is 10.1. The number of piperidine rings is 1. The second kappa shape index (κ2) is 9.21. The summed E-state index contributed by atoms with van der Waals surface area (Å²) in [5.41, 5.74) is 0. The maximum atomic E-state index is 12.9. The minimum atomic E-state index is -3.81. The van der Waals surface area contributed by atoms with Gasteiger partial charge in [0.25, 0.3) is 5.91 Å². The fraction of sp³-hybridized carbons (Fsp3) is 0.421. The molecule has 1 aromatic heterocycles. The Hall–Kier alpha value is -2.01. The number of carbonyl (C=O) groups excluding carboxylic acids is 1. The first-order chi connectivity index (χ1) is 13.8. The van der Waals surface area contributed by atoms with Crippen molar-refractivity contribution in [1.29, 1.82) is 0 Å². The van der Waals surface area contributed by atoms with Gasteiger partial charge in [0.1, 0.15) is 27.9 Å². The number of carbonyl (C=O) groups is 1. The number of nitrogens with one attached hydrogen (secondary N) is 1. The molecule has 1 unspecified atom stereocenters. The maximum Gasteiger partial charge on any atom is 0.263 e. The summed E-state index contributed by atoms with van der Waals surface area (Å²) in [6.45, 7) is 2.33. The van der Waals surface area contributed by atoms with Crippen LogP contribution < -0.4 is 10.1 Å². The van der Waals surface area contributed by atoms with E-state index in [1.165, 1.54) is 34.6 Å². The maximum absolute atomic E-state index is 12.9. The van der Waals surface area contributed by atoms with E-state index in [2.05, 4.69) is 5.32 Å². The second-order valence-corrected chi connectivity index (χ2v) is 9.71.